The first-order chi connectivity index (χ1) is 13.5. The molecule has 2 aromatic carbocycles. The summed E-state index contributed by atoms with van der Waals surface area (Å²) < 4.78 is 26.4. The van der Waals surface area contributed by atoms with Crippen molar-refractivity contribution in [3.8, 4) is 11.1 Å². The Morgan fingerprint density at radius 1 is 1.00 bits per heavy atom. The van der Waals surface area contributed by atoms with E-state index in [0.29, 0.717) is 10.6 Å². The van der Waals surface area contributed by atoms with E-state index in [9.17, 15) is 13.2 Å². The van der Waals surface area contributed by atoms with Crippen molar-refractivity contribution in [3.63, 3.8) is 0 Å². The summed E-state index contributed by atoms with van der Waals surface area (Å²) in [6, 6.07) is 20.8. The third kappa shape index (κ3) is 4.86. The molecule has 5 nitrogen and oxygen atoms in total. The Morgan fingerprint density at radius 2 is 1.71 bits per heavy atom. The quantitative estimate of drug-likeness (QED) is 0.592. The van der Waals surface area contributed by atoms with Crippen LogP contribution in [0.25, 0.3) is 11.1 Å². The van der Waals surface area contributed by atoms with E-state index >= 15 is 0 Å². The zero-order valence-corrected chi connectivity index (χ0v) is 17.2. The van der Waals surface area contributed by atoms with Gasteiger partial charge in [-0.2, -0.15) is 0 Å². The van der Waals surface area contributed by atoms with Crippen LogP contribution in [0.1, 0.15) is 12.8 Å². The first kappa shape index (κ1) is 20.3. The van der Waals surface area contributed by atoms with Gasteiger partial charge < -0.3 is 5.32 Å². The standard InChI is InChI=1S/C21H22N2O3S2/c1-23(28(25,26)21-14-8-16-27-21)15-7-13-20(24)22-19-12-6-5-11-18(19)17-9-3-2-4-10-17/h2-6,8-12,14,16H,7,13,15H2,1H3,(H,22,24). The van der Waals surface area contributed by atoms with E-state index in [1.165, 1.54) is 22.7 Å². The van der Waals surface area contributed by atoms with Crippen LogP contribution in [-0.2, 0) is 14.8 Å². The lowest BCUT2D eigenvalue weighted by molar-refractivity contribution is -0.116. The molecule has 0 radical (unpaired) electrons. The van der Waals surface area contributed by atoms with Crippen molar-refractivity contribution in [2.45, 2.75) is 17.1 Å². The minimum Gasteiger partial charge on any atom is -0.326 e. The second-order valence-corrected chi connectivity index (χ2v) is 9.54. The third-order valence-electron chi connectivity index (χ3n) is 4.32. The van der Waals surface area contributed by atoms with Crippen LogP contribution in [-0.4, -0.2) is 32.2 Å². The Morgan fingerprint density at radius 3 is 2.43 bits per heavy atom. The van der Waals surface area contributed by atoms with E-state index in [4.69, 9.17) is 0 Å². The van der Waals surface area contributed by atoms with Gasteiger partial charge in [0.2, 0.25) is 5.91 Å². The molecule has 1 amide bonds. The molecule has 0 aliphatic carbocycles. The van der Waals surface area contributed by atoms with Crippen LogP contribution in [0.2, 0.25) is 0 Å². The molecule has 0 bridgehead atoms. The van der Waals surface area contributed by atoms with Crippen molar-refractivity contribution in [2.24, 2.45) is 0 Å². The van der Waals surface area contributed by atoms with E-state index in [1.807, 2.05) is 54.6 Å². The molecule has 7 heteroatoms. The fourth-order valence-corrected chi connectivity index (χ4v) is 5.23. The van der Waals surface area contributed by atoms with Gasteiger partial charge in [-0.25, -0.2) is 12.7 Å². The summed E-state index contributed by atoms with van der Waals surface area (Å²) in [7, 11) is -1.94. The fourth-order valence-electron chi connectivity index (χ4n) is 2.82. The fraction of sp³-hybridized carbons (Fsp3) is 0.190. The van der Waals surface area contributed by atoms with Crippen LogP contribution in [0.4, 0.5) is 5.69 Å². The molecule has 0 spiro atoms. The maximum atomic E-state index is 12.4. The molecule has 28 heavy (non-hydrogen) atoms. The molecular formula is C21H22N2O3S2. The lowest BCUT2D eigenvalue weighted by Gasteiger charge is -2.16. The molecule has 1 aromatic heterocycles. The average molecular weight is 415 g/mol. The van der Waals surface area contributed by atoms with Crippen LogP contribution in [0, 0.1) is 0 Å². The van der Waals surface area contributed by atoms with Crippen molar-refractivity contribution in [1.82, 2.24) is 4.31 Å². The number of hydrogen-bond donors (Lipinski definition) is 1. The van der Waals surface area contributed by atoms with E-state index in [0.717, 1.165) is 16.8 Å². The highest BCUT2D eigenvalue weighted by Gasteiger charge is 2.21. The summed E-state index contributed by atoms with van der Waals surface area (Å²) in [6.45, 7) is 0.286. The predicted molar refractivity (Wildman–Crippen MR) is 114 cm³/mol. The van der Waals surface area contributed by atoms with Crippen LogP contribution in [0.5, 0.6) is 0 Å². The normalized spacial score (nSPS) is 11.5. The van der Waals surface area contributed by atoms with Gasteiger partial charge in [0, 0.05) is 31.3 Å². The molecule has 0 saturated heterocycles. The molecule has 146 valence electrons. The zero-order valence-electron chi connectivity index (χ0n) is 15.5. The highest BCUT2D eigenvalue weighted by atomic mass is 32.2. The summed E-state index contributed by atoms with van der Waals surface area (Å²) in [6.07, 6.45) is 0.688. The Hall–Kier alpha value is -2.48. The van der Waals surface area contributed by atoms with Gasteiger partial charge in [0.05, 0.1) is 0 Å². The number of amides is 1. The molecule has 3 aromatic rings. The van der Waals surface area contributed by atoms with Crippen LogP contribution >= 0.6 is 11.3 Å². The third-order valence-corrected chi connectivity index (χ3v) is 7.55. The second kappa shape index (κ2) is 9.14. The molecule has 0 aliphatic heterocycles. The summed E-state index contributed by atoms with van der Waals surface area (Å²) in [5.41, 5.74) is 2.73. The SMILES string of the molecule is CN(CCCC(=O)Nc1ccccc1-c1ccccc1)S(=O)(=O)c1cccs1. The molecule has 3 rings (SSSR count). The first-order valence-corrected chi connectivity index (χ1v) is 11.2. The van der Waals surface area contributed by atoms with Gasteiger partial charge in [-0.05, 0) is 29.5 Å². The minimum absolute atomic E-state index is 0.134. The smallest absolute Gasteiger partial charge is 0.252 e. The number of benzene rings is 2. The van der Waals surface area contributed by atoms with E-state index < -0.39 is 10.0 Å². The first-order valence-electron chi connectivity index (χ1n) is 8.92. The number of anilines is 1. The zero-order chi connectivity index (χ0) is 20.0. The van der Waals surface area contributed by atoms with Crippen molar-refractivity contribution in [3.05, 3.63) is 72.1 Å². The lowest BCUT2D eigenvalue weighted by atomic mass is 10.0. The molecular weight excluding hydrogens is 392 g/mol. The Labute approximate surface area is 169 Å². The summed E-state index contributed by atoms with van der Waals surface area (Å²) >= 11 is 1.19. The van der Waals surface area contributed by atoms with Gasteiger partial charge in [-0.15, -0.1) is 11.3 Å². The lowest BCUT2D eigenvalue weighted by Crippen LogP contribution is -2.28. The summed E-state index contributed by atoms with van der Waals surface area (Å²) in [4.78, 5) is 12.4. The van der Waals surface area contributed by atoms with Crippen molar-refractivity contribution in [1.29, 1.82) is 0 Å². The van der Waals surface area contributed by atoms with Gasteiger partial charge in [-0.1, -0.05) is 54.6 Å². The molecule has 1 heterocycles. The van der Waals surface area contributed by atoms with E-state index in [2.05, 4.69) is 5.32 Å². The number of para-hydroxylation sites is 1. The van der Waals surface area contributed by atoms with Crippen molar-refractivity contribution < 1.29 is 13.2 Å². The van der Waals surface area contributed by atoms with Gasteiger partial charge in [-0.3, -0.25) is 4.79 Å². The predicted octanol–water partition coefficient (Wildman–Crippen LogP) is 4.45. The number of nitrogens with zero attached hydrogens (tertiary/aromatic N) is 1. The van der Waals surface area contributed by atoms with Gasteiger partial charge in [0.15, 0.2) is 0 Å². The monoisotopic (exact) mass is 414 g/mol. The maximum absolute atomic E-state index is 12.4. The van der Waals surface area contributed by atoms with Gasteiger partial charge in [0.25, 0.3) is 10.0 Å². The largest absolute Gasteiger partial charge is 0.326 e. The average Bonchev–Trinajstić information content (AvgIpc) is 3.25. The number of carbonyl (C=O) groups excluding carboxylic acids is 1. The highest BCUT2D eigenvalue weighted by molar-refractivity contribution is 7.91. The Bertz CT molecular complexity index is 1020. The topological polar surface area (TPSA) is 66.5 Å². The number of sulfonamides is 1. The van der Waals surface area contributed by atoms with Crippen LogP contribution < -0.4 is 5.32 Å². The molecule has 0 atom stereocenters. The number of rotatable bonds is 8. The van der Waals surface area contributed by atoms with Crippen molar-refractivity contribution >= 4 is 33.0 Å². The van der Waals surface area contributed by atoms with E-state index in [1.54, 1.807) is 17.5 Å². The van der Waals surface area contributed by atoms with Crippen LogP contribution in [0.3, 0.4) is 0 Å². The molecule has 1 N–H and O–H groups in total. The number of thiophene rings is 1. The van der Waals surface area contributed by atoms with Crippen LogP contribution in [0.15, 0.2) is 76.3 Å². The molecule has 0 aliphatic rings. The molecule has 0 saturated carbocycles. The van der Waals surface area contributed by atoms with Gasteiger partial charge in [0.1, 0.15) is 4.21 Å². The Kier molecular flexibility index (Phi) is 6.61. The number of nitrogens with one attached hydrogen (secondary N) is 1. The minimum atomic E-state index is -3.48. The van der Waals surface area contributed by atoms with Crippen molar-refractivity contribution in [2.75, 3.05) is 18.9 Å². The van der Waals surface area contributed by atoms with E-state index in [-0.39, 0.29) is 18.9 Å². The summed E-state index contributed by atoms with van der Waals surface area (Å²) in [5, 5.41) is 4.68. The number of carbonyl (C=O) groups is 1. The maximum Gasteiger partial charge on any atom is 0.252 e. The highest BCUT2D eigenvalue weighted by Crippen LogP contribution is 2.27. The Balaban J connectivity index is 1.57. The second-order valence-electron chi connectivity index (χ2n) is 6.32. The molecule has 0 unspecified atom stereocenters. The summed E-state index contributed by atoms with van der Waals surface area (Å²) in [5.74, 6) is -0.134. The molecule has 0 fully saturated rings. The number of hydrogen-bond acceptors (Lipinski definition) is 4. The van der Waals surface area contributed by atoms with Gasteiger partial charge >= 0.3 is 0 Å².